The van der Waals surface area contributed by atoms with Crippen LogP contribution < -0.4 is 5.32 Å². The average Bonchev–Trinajstić information content (AvgIpc) is 3.25. The highest BCUT2D eigenvalue weighted by Gasteiger charge is 2.36. The minimum absolute atomic E-state index is 0.0359. The van der Waals surface area contributed by atoms with Gasteiger partial charge in [0.1, 0.15) is 12.7 Å². The number of hydrogen-bond acceptors (Lipinski definition) is 5. The first kappa shape index (κ1) is 14.3. The van der Waals surface area contributed by atoms with Gasteiger partial charge >= 0.3 is 0 Å². The topological polar surface area (TPSA) is 75.9 Å². The number of rotatable bonds is 3. The van der Waals surface area contributed by atoms with Crippen molar-refractivity contribution in [2.24, 2.45) is 0 Å². The molecule has 7 heteroatoms. The smallest absolute Gasteiger partial charge is 0.251 e. The average molecular weight is 312 g/mol. The van der Waals surface area contributed by atoms with Gasteiger partial charge in [0.2, 0.25) is 0 Å². The number of carbonyl (C=O) groups is 1. The van der Waals surface area contributed by atoms with Crippen molar-refractivity contribution >= 4 is 5.91 Å². The normalized spacial score (nSPS) is 24.3. The standard InChI is InChI=1S/C16H20N6O/c23-16(20-13-5-8-21-7-2-1-3-14(13)21)12-4-6-18-15(9-12)22-11-17-10-19-22/h4,6,9-11,13-14H,1-3,5,7-8H2,(H,20,23)/t13-,14-/m0/s1. The summed E-state index contributed by atoms with van der Waals surface area (Å²) in [5.41, 5.74) is 0.611. The Balaban J connectivity index is 1.48. The summed E-state index contributed by atoms with van der Waals surface area (Å²) in [6.45, 7) is 2.26. The van der Waals surface area contributed by atoms with Crippen LogP contribution >= 0.6 is 0 Å². The van der Waals surface area contributed by atoms with Crippen LogP contribution in [0.25, 0.3) is 5.82 Å². The second-order valence-corrected chi connectivity index (χ2v) is 6.21. The Hall–Kier alpha value is -2.28. The van der Waals surface area contributed by atoms with Gasteiger partial charge in [-0.3, -0.25) is 9.69 Å². The second-order valence-electron chi connectivity index (χ2n) is 6.21. The number of carbonyl (C=O) groups excluding carboxylic acids is 1. The van der Waals surface area contributed by atoms with E-state index < -0.39 is 0 Å². The fraction of sp³-hybridized carbons (Fsp3) is 0.500. The minimum atomic E-state index is -0.0359. The first-order valence-electron chi connectivity index (χ1n) is 8.17. The zero-order valence-electron chi connectivity index (χ0n) is 12.9. The number of hydrogen-bond donors (Lipinski definition) is 1. The lowest BCUT2D eigenvalue weighted by Crippen LogP contribution is -2.46. The summed E-state index contributed by atoms with van der Waals surface area (Å²) in [5, 5.41) is 7.26. The number of piperidine rings is 1. The SMILES string of the molecule is O=C(N[C@H]1CCN2CCCC[C@@H]12)c1ccnc(-n2cncn2)c1. The molecular weight excluding hydrogens is 292 g/mol. The third kappa shape index (κ3) is 2.84. The predicted octanol–water partition coefficient (Wildman–Crippen LogP) is 1.02. The maximum atomic E-state index is 12.6. The molecule has 2 aliphatic heterocycles. The van der Waals surface area contributed by atoms with Gasteiger partial charge < -0.3 is 5.32 Å². The minimum Gasteiger partial charge on any atom is -0.348 e. The summed E-state index contributed by atoms with van der Waals surface area (Å²) in [4.78, 5) is 23.3. The molecular formula is C16H20N6O. The van der Waals surface area contributed by atoms with Gasteiger partial charge in [-0.05, 0) is 37.9 Å². The highest BCUT2D eigenvalue weighted by Crippen LogP contribution is 2.27. The van der Waals surface area contributed by atoms with Gasteiger partial charge in [0.15, 0.2) is 5.82 Å². The number of nitrogens with one attached hydrogen (secondary N) is 1. The molecule has 1 N–H and O–H groups in total. The van der Waals surface area contributed by atoms with E-state index in [2.05, 4.69) is 25.3 Å². The Labute approximate surface area is 134 Å². The lowest BCUT2D eigenvalue weighted by molar-refractivity contribution is 0.0915. The molecule has 0 unspecified atom stereocenters. The predicted molar refractivity (Wildman–Crippen MR) is 84.2 cm³/mol. The molecule has 0 saturated carbocycles. The van der Waals surface area contributed by atoms with Crippen LogP contribution in [-0.2, 0) is 0 Å². The van der Waals surface area contributed by atoms with Gasteiger partial charge in [-0.1, -0.05) is 6.42 Å². The fourth-order valence-electron chi connectivity index (χ4n) is 3.68. The van der Waals surface area contributed by atoms with Crippen molar-refractivity contribution in [2.75, 3.05) is 13.1 Å². The Morgan fingerprint density at radius 1 is 1.26 bits per heavy atom. The largest absolute Gasteiger partial charge is 0.348 e. The van der Waals surface area contributed by atoms with Crippen LogP contribution in [0.2, 0.25) is 0 Å². The molecule has 7 nitrogen and oxygen atoms in total. The summed E-state index contributed by atoms with van der Waals surface area (Å²) < 4.78 is 1.55. The summed E-state index contributed by atoms with van der Waals surface area (Å²) in [6, 6.07) is 4.25. The van der Waals surface area contributed by atoms with E-state index in [1.165, 1.54) is 32.1 Å². The van der Waals surface area contributed by atoms with Gasteiger partial charge in [0, 0.05) is 30.4 Å². The van der Waals surface area contributed by atoms with Gasteiger partial charge in [-0.2, -0.15) is 5.10 Å². The molecule has 23 heavy (non-hydrogen) atoms. The highest BCUT2D eigenvalue weighted by molar-refractivity contribution is 5.94. The molecule has 4 rings (SSSR count). The summed E-state index contributed by atoms with van der Waals surface area (Å²) in [5.74, 6) is 0.562. The Morgan fingerprint density at radius 2 is 2.22 bits per heavy atom. The quantitative estimate of drug-likeness (QED) is 0.916. The van der Waals surface area contributed by atoms with E-state index in [0.29, 0.717) is 17.4 Å². The maximum Gasteiger partial charge on any atom is 0.251 e. The zero-order chi connectivity index (χ0) is 15.6. The molecule has 120 valence electrons. The van der Waals surface area contributed by atoms with Gasteiger partial charge in [-0.15, -0.1) is 0 Å². The molecule has 0 aliphatic carbocycles. The van der Waals surface area contributed by atoms with E-state index in [9.17, 15) is 4.79 Å². The summed E-state index contributed by atoms with van der Waals surface area (Å²) >= 11 is 0. The maximum absolute atomic E-state index is 12.6. The molecule has 2 aromatic rings. The monoisotopic (exact) mass is 312 g/mol. The van der Waals surface area contributed by atoms with Gasteiger partial charge in [-0.25, -0.2) is 14.6 Å². The molecule has 0 aromatic carbocycles. The number of fused-ring (bicyclic) bond motifs is 1. The van der Waals surface area contributed by atoms with E-state index in [1.54, 1.807) is 29.3 Å². The van der Waals surface area contributed by atoms with Crippen molar-refractivity contribution in [3.63, 3.8) is 0 Å². The van der Waals surface area contributed by atoms with Crippen molar-refractivity contribution in [1.29, 1.82) is 0 Å². The van der Waals surface area contributed by atoms with Crippen LogP contribution in [0.15, 0.2) is 31.0 Å². The Kier molecular flexibility index (Phi) is 3.78. The highest BCUT2D eigenvalue weighted by atomic mass is 16.1. The summed E-state index contributed by atoms with van der Waals surface area (Å²) in [7, 11) is 0. The molecule has 0 radical (unpaired) electrons. The van der Waals surface area contributed by atoms with Crippen LogP contribution in [-0.4, -0.2) is 55.7 Å². The molecule has 2 fully saturated rings. The molecule has 1 amide bonds. The van der Waals surface area contributed by atoms with Crippen molar-refractivity contribution in [3.8, 4) is 5.82 Å². The lowest BCUT2D eigenvalue weighted by Gasteiger charge is -2.32. The first-order valence-corrected chi connectivity index (χ1v) is 8.17. The third-order valence-corrected chi connectivity index (χ3v) is 4.83. The van der Waals surface area contributed by atoms with Crippen molar-refractivity contribution in [1.82, 2.24) is 30.0 Å². The number of nitrogens with zero attached hydrogens (tertiary/aromatic N) is 5. The first-order chi connectivity index (χ1) is 11.3. The van der Waals surface area contributed by atoms with Gasteiger partial charge in [0.05, 0.1) is 0 Å². The molecule has 2 atom stereocenters. The third-order valence-electron chi connectivity index (χ3n) is 4.83. The Bertz CT molecular complexity index is 686. The van der Waals surface area contributed by atoms with Crippen LogP contribution in [0.3, 0.4) is 0 Å². The molecule has 4 heterocycles. The van der Waals surface area contributed by atoms with Crippen LogP contribution in [0, 0.1) is 0 Å². The number of aromatic nitrogens is 4. The molecule has 0 spiro atoms. The van der Waals surface area contributed by atoms with E-state index >= 15 is 0 Å². The summed E-state index contributed by atoms with van der Waals surface area (Å²) in [6.07, 6.45) is 9.42. The van der Waals surface area contributed by atoms with Gasteiger partial charge in [0.25, 0.3) is 5.91 Å². The lowest BCUT2D eigenvalue weighted by atomic mass is 9.99. The van der Waals surface area contributed by atoms with Crippen molar-refractivity contribution in [3.05, 3.63) is 36.5 Å². The number of pyridine rings is 1. The molecule has 2 aliphatic rings. The van der Waals surface area contributed by atoms with E-state index in [1.807, 2.05) is 0 Å². The van der Waals surface area contributed by atoms with Crippen LogP contribution in [0.1, 0.15) is 36.0 Å². The van der Waals surface area contributed by atoms with E-state index in [-0.39, 0.29) is 11.9 Å². The van der Waals surface area contributed by atoms with Crippen molar-refractivity contribution in [2.45, 2.75) is 37.8 Å². The van der Waals surface area contributed by atoms with Crippen molar-refractivity contribution < 1.29 is 4.79 Å². The van der Waals surface area contributed by atoms with E-state index in [0.717, 1.165) is 13.0 Å². The Morgan fingerprint density at radius 3 is 3.09 bits per heavy atom. The number of amides is 1. The van der Waals surface area contributed by atoms with Crippen LogP contribution in [0.5, 0.6) is 0 Å². The van der Waals surface area contributed by atoms with E-state index in [4.69, 9.17) is 0 Å². The fourth-order valence-corrected chi connectivity index (χ4v) is 3.68. The van der Waals surface area contributed by atoms with Crippen LogP contribution in [0.4, 0.5) is 0 Å². The molecule has 0 bridgehead atoms. The molecule has 2 aromatic heterocycles. The molecule has 2 saturated heterocycles. The second kappa shape index (κ2) is 6.08. The zero-order valence-corrected chi connectivity index (χ0v) is 12.9.